The molecule has 96 valence electrons. The monoisotopic (exact) mass is 245 g/mol. The molecule has 0 aromatic heterocycles. The maximum atomic E-state index is 5.12. The Morgan fingerprint density at radius 3 is 2.56 bits per heavy atom. The molecule has 0 saturated carbocycles. The minimum Gasteiger partial charge on any atom is -0.497 e. The summed E-state index contributed by atoms with van der Waals surface area (Å²) in [5, 5.41) is 5.82. The number of hydrogen-bond acceptors (Lipinski definition) is 4. The molecule has 0 aliphatic rings. The number of nitrogens with zero attached hydrogens (tertiary/aromatic N) is 3. The third-order valence-corrected chi connectivity index (χ3v) is 2.53. The Hall–Kier alpha value is -2.10. The summed E-state index contributed by atoms with van der Waals surface area (Å²) in [4.78, 5) is 3.92. The molecule has 1 rings (SSSR count). The van der Waals surface area contributed by atoms with Gasteiger partial charge in [-0.1, -0.05) is 12.1 Å². The second-order valence-electron chi connectivity index (χ2n) is 3.76. The molecule has 18 heavy (non-hydrogen) atoms. The van der Waals surface area contributed by atoms with Crippen LogP contribution in [-0.4, -0.2) is 32.1 Å². The van der Waals surface area contributed by atoms with Crippen LogP contribution in [0.2, 0.25) is 0 Å². The highest BCUT2D eigenvalue weighted by Crippen LogP contribution is 2.15. The molecule has 4 heteroatoms. The Labute approximate surface area is 108 Å². The van der Waals surface area contributed by atoms with E-state index < -0.39 is 0 Å². The molecule has 0 atom stereocenters. The van der Waals surface area contributed by atoms with Crippen LogP contribution in [0.1, 0.15) is 12.5 Å². The lowest BCUT2D eigenvalue weighted by molar-refractivity contribution is 0.361. The Kier molecular flexibility index (Phi) is 5.64. The summed E-state index contributed by atoms with van der Waals surface area (Å²) in [7, 11) is 3.39. The van der Waals surface area contributed by atoms with Crippen LogP contribution in [0.5, 0.6) is 5.75 Å². The van der Waals surface area contributed by atoms with E-state index in [2.05, 4.69) is 16.8 Å². The molecule has 0 bridgehead atoms. The van der Waals surface area contributed by atoms with Gasteiger partial charge in [-0.05, 0) is 30.7 Å². The summed E-state index contributed by atoms with van der Waals surface area (Å²) in [6.07, 6.45) is 3.64. The molecule has 0 aliphatic carbocycles. The number of hydrazone groups is 1. The summed E-state index contributed by atoms with van der Waals surface area (Å²) >= 11 is 0. The van der Waals surface area contributed by atoms with Crippen LogP contribution in [-0.2, 0) is 6.54 Å². The second-order valence-corrected chi connectivity index (χ2v) is 3.76. The maximum absolute atomic E-state index is 5.12. The second kappa shape index (κ2) is 7.27. The molecule has 0 saturated heterocycles. The zero-order valence-electron chi connectivity index (χ0n) is 11.1. The zero-order valence-corrected chi connectivity index (χ0v) is 11.1. The van der Waals surface area contributed by atoms with Gasteiger partial charge in [0.05, 0.1) is 13.7 Å². The van der Waals surface area contributed by atoms with Crippen LogP contribution in [0.15, 0.2) is 46.1 Å². The van der Waals surface area contributed by atoms with Crippen molar-refractivity contribution in [2.75, 3.05) is 14.2 Å². The fourth-order valence-corrected chi connectivity index (χ4v) is 1.46. The highest BCUT2D eigenvalue weighted by Gasteiger charge is 2.03. The number of aliphatic imine (C=N–C) groups is 1. The van der Waals surface area contributed by atoms with Gasteiger partial charge in [0.15, 0.2) is 0 Å². The van der Waals surface area contributed by atoms with E-state index in [-0.39, 0.29) is 0 Å². The molecule has 0 N–H and O–H groups in total. The van der Waals surface area contributed by atoms with Crippen molar-refractivity contribution in [1.82, 2.24) is 5.01 Å². The van der Waals surface area contributed by atoms with Gasteiger partial charge in [0.25, 0.3) is 0 Å². The molecule has 0 aliphatic heterocycles. The predicted octanol–water partition coefficient (Wildman–Crippen LogP) is 2.72. The van der Waals surface area contributed by atoms with E-state index in [9.17, 15) is 0 Å². The lowest BCUT2D eigenvalue weighted by Gasteiger charge is -2.18. The van der Waals surface area contributed by atoms with Crippen molar-refractivity contribution in [1.29, 1.82) is 0 Å². The van der Waals surface area contributed by atoms with Crippen LogP contribution in [0.25, 0.3) is 0 Å². The molecule has 0 unspecified atom stereocenters. The number of rotatable bonds is 6. The van der Waals surface area contributed by atoms with Crippen LogP contribution in [0.4, 0.5) is 0 Å². The highest BCUT2D eigenvalue weighted by atomic mass is 16.5. The molecule has 1 aromatic rings. The van der Waals surface area contributed by atoms with E-state index in [0.29, 0.717) is 6.54 Å². The van der Waals surface area contributed by atoms with Crippen LogP contribution in [0, 0.1) is 0 Å². The minimum absolute atomic E-state index is 0.674. The van der Waals surface area contributed by atoms with Gasteiger partial charge in [-0.15, -0.1) is 0 Å². The third-order valence-electron chi connectivity index (χ3n) is 2.53. The van der Waals surface area contributed by atoms with Gasteiger partial charge < -0.3 is 4.74 Å². The van der Waals surface area contributed by atoms with Crippen LogP contribution in [0.3, 0.4) is 0 Å². The topological polar surface area (TPSA) is 37.2 Å². The third kappa shape index (κ3) is 4.05. The lowest BCUT2D eigenvalue weighted by atomic mass is 10.2. The largest absolute Gasteiger partial charge is 0.497 e. The van der Waals surface area contributed by atoms with Gasteiger partial charge in [0, 0.05) is 25.7 Å². The number of benzene rings is 1. The molecular weight excluding hydrogens is 226 g/mol. The fraction of sp³-hybridized carbons (Fsp3) is 0.286. The van der Waals surface area contributed by atoms with E-state index in [1.54, 1.807) is 20.4 Å². The van der Waals surface area contributed by atoms with E-state index in [1.807, 2.05) is 42.3 Å². The first kappa shape index (κ1) is 14.0. The molecule has 4 nitrogen and oxygen atoms in total. The van der Waals surface area contributed by atoms with Gasteiger partial charge >= 0.3 is 0 Å². The SMILES string of the molecule is C=NN(Cc1ccc(OC)cc1)/C(C)=C/C=NC. The van der Waals surface area contributed by atoms with Crippen LogP contribution < -0.4 is 4.74 Å². The van der Waals surface area contributed by atoms with E-state index in [1.165, 1.54) is 0 Å². The van der Waals surface area contributed by atoms with Gasteiger partial charge in [0.2, 0.25) is 0 Å². The molecule has 0 fully saturated rings. The van der Waals surface area contributed by atoms with Crippen molar-refractivity contribution >= 4 is 12.9 Å². The van der Waals surface area contributed by atoms with E-state index in [4.69, 9.17) is 4.74 Å². The first-order chi connectivity index (χ1) is 8.71. The first-order valence-electron chi connectivity index (χ1n) is 5.67. The minimum atomic E-state index is 0.674. The van der Waals surface area contributed by atoms with E-state index >= 15 is 0 Å². The van der Waals surface area contributed by atoms with Crippen molar-refractivity contribution in [3.05, 3.63) is 41.6 Å². The summed E-state index contributed by atoms with van der Waals surface area (Å²) < 4.78 is 5.12. The predicted molar refractivity (Wildman–Crippen MR) is 76.3 cm³/mol. The summed E-state index contributed by atoms with van der Waals surface area (Å²) in [6, 6.07) is 7.89. The van der Waals surface area contributed by atoms with Gasteiger partial charge in [-0.2, -0.15) is 5.10 Å². The standard InChI is InChI=1S/C14H19N3O/c1-12(9-10-15-2)17(16-3)11-13-5-7-14(18-4)8-6-13/h5-10H,3,11H2,1-2,4H3/b12-9+,15-10?. The van der Waals surface area contributed by atoms with E-state index in [0.717, 1.165) is 17.0 Å². The molecule has 0 heterocycles. The molecular formula is C14H19N3O. The van der Waals surface area contributed by atoms with Crippen molar-refractivity contribution in [2.45, 2.75) is 13.5 Å². The van der Waals surface area contributed by atoms with Gasteiger partial charge in [-0.25, -0.2) is 0 Å². The van der Waals surface area contributed by atoms with Crippen molar-refractivity contribution < 1.29 is 4.74 Å². The van der Waals surface area contributed by atoms with Crippen molar-refractivity contribution in [2.24, 2.45) is 10.1 Å². The summed E-state index contributed by atoms with van der Waals surface area (Å²) in [5.41, 5.74) is 2.14. The van der Waals surface area contributed by atoms with Crippen LogP contribution >= 0.6 is 0 Å². The Bertz CT molecular complexity index is 435. The lowest BCUT2D eigenvalue weighted by Crippen LogP contribution is -2.14. The molecule has 0 amide bonds. The summed E-state index contributed by atoms with van der Waals surface area (Å²) in [5.74, 6) is 0.849. The zero-order chi connectivity index (χ0) is 13.4. The number of methoxy groups -OCH3 is 1. The number of hydrogen-bond donors (Lipinski definition) is 0. The fourth-order valence-electron chi connectivity index (χ4n) is 1.46. The summed E-state index contributed by atoms with van der Waals surface area (Å²) in [6.45, 7) is 6.23. The van der Waals surface area contributed by atoms with Gasteiger partial charge in [-0.3, -0.25) is 10.0 Å². The van der Waals surface area contributed by atoms with Crippen molar-refractivity contribution in [3.63, 3.8) is 0 Å². The Morgan fingerprint density at radius 1 is 1.39 bits per heavy atom. The quantitative estimate of drug-likeness (QED) is 0.571. The Balaban J connectivity index is 2.75. The Morgan fingerprint density at radius 2 is 2.06 bits per heavy atom. The maximum Gasteiger partial charge on any atom is 0.118 e. The number of allylic oxidation sites excluding steroid dienone is 2. The highest BCUT2D eigenvalue weighted by molar-refractivity contribution is 5.71. The molecule has 0 spiro atoms. The molecule has 1 aromatic carbocycles. The first-order valence-corrected chi connectivity index (χ1v) is 5.67. The van der Waals surface area contributed by atoms with Crippen molar-refractivity contribution in [3.8, 4) is 5.75 Å². The smallest absolute Gasteiger partial charge is 0.118 e. The van der Waals surface area contributed by atoms with Gasteiger partial charge in [0.1, 0.15) is 5.75 Å². The average Bonchev–Trinajstić information content (AvgIpc) is 2.42. The molecule has 0 radical (unpaired) electrons. The average molecular weight is 245 g/mol. The number of ether oxygens (including phenoxy) is 1. The normalized spacial score (nSPS) is 11.6.